The van der Waals surface area contributed by atoms with Gasteiger partial charge in [-0.1, -0.05) is 30.3 Å². The van der Waals surface area contributed by atoms with E-state index >= 15 is 0 Å². The Hall–Kier alpha value is -2.28. The second kappa shape index (κ2) is 11.0. The van der Waals surface area contributed by atoms with E-state index in [1.807, 2.05) is 20.8 Å². The molecule has 1 aliphatic heterocycles. The highest BCUT2D eigenvalue weighted by Crippen LogP contribution is 2.14. The molecule has 1 aliphatic rings. The highest BCUT2D eigenvalue weighted by Gasteiger charge is 2.21. The summed E-state index contributed by atoms with van der Waals surface area (Å²) in [5, 5.41) is 6.80. The fourth-order valence-electron chi connectivity index (χ4n) is 3.24. The first-order chi connectivity index (χ1) is 13.8. The number of ether oxygens (including phenoxy) is 1. The van der Waals surface area contributed by atoms with E-state index in [2.05, 4.69) is 50.9 Å². The van der Waals surface area contributed by atoms with Crippen molar-refractivity contribution < 1.29 is 9.53 Å². The number of piperidine rings is 1. The number of guanidine groups is 1. The number of benzene rings is 1. The van der Waals surface area contributed by atoms with Crippen molar-refractivity contribution >= 4 is 12.1 Å². The van der Waals surface area contributed by atoms with Crippen molar-refractivity contribution in [1.29, 1.82) is 0 Å². The van der Waals surface area contributed by atoms with Gasteiger partial charge in [-0.2, -0.15) is 0 Å². The number of aliphatic imine (C=N–C) groups is 1. The molecular formula is C22H37N5O2. The molecule has 0 aromatic heterocycles. The lowest BCUT2D eigenvalue weighted by atomic mass is 10.0. The number of rotatable bonds is 6. The Labute approximate surface area is 175 Å². The van der Waals surface area contributed by atoms with Gasteiger partial charge in [-0.3, -0.25) is 9.89 Å². The number of amides is 1. The Morgan fingerprint density at radius 1 is 1.24 bits per heavy atom. The summed E-state index contributed by atoms with van der Waals surface area (Å²) in [5.41, 5.74) is 0.886. The molecule has 2 N–H and O–H groups in total. The Morgan fingerprint density at radius 2 is 1.90 bits per heavy atom. The van der Waals surface area contributed by atoms with Crippen molar-refractivity contribution in [1.82, 2.24) is 20.4 Å². The van der Waals surface area contributed by atoms with E-state index in [9.17, 15) is 4.79 Å². The molecule has 7 nitrogen and oxygen atoms in total. The van der Waals surface area contributed by atoms with Gasteiger partial charge < -0.3 is 20.3 Å². The molecule has 7 heteroatoms. The lowest BCUT2D eigenvalue weighted by Crippen LogP contribution is -2.49. The van der Waals surface area contributed by atoms with Crippen LogP contribution in [0.1, 0.15) is 39.2 Å². The van der Waals surface area contributed by atoms with Crippen LogP contribution in [0.4, 0.5) is 4.79 Å². The Morgan fingerprint density at radius 3 is 2.48 bits per heavy atom. The van der Waals surface area contributed by atoms with Crippen LogP contribution in [0, 0.1) is 0 Å². The van der Waals surface area contributed by atoms with Crippen LogP contribution in [0.2, 0.25) is 0 Å². The van der Waals surface area contributed by atoms with Crippen LogP contribution in [0.15, 0.2) is 35.3 Å². The molecule has 1 saturated heterocycles. The summed E-state index contributed by atoms with van der Waals surface area (Å²) >= 11 is 0. The van der Waals surface area contributed by atoms with Gasteiger partial charge in [0.15, 0.2) is 5.96 Å². The number of hydrogen-bond donors (Lipinski definition) is 2. The van der Waals surface area contributed by atoms with Crippen molar-refractivity contribution in [2.24, 2.45) is 4.99 Å². The molecule has 0 spiro atoms. The number of nitrogens with one attached hydrogen (secondary N) is 2. The number of nitrogens with zero attached hydrogens (tertiary/aromatic N) is 3. The number of carbonyl (C=O) groups is 1. The number of carbonyl (C=O) groups excluding carboxylic acids is 1. The predicted octanol–water partition coefficient (Wildman–Crippen LogP) is 2.68. The highest BCUT2D eigenvalue weighted by molar-refractivity contribution is 5.80. The molecule has 1 aromatic carbocycles. The Balaban J connectivity index is 1.67. The van der Waals surface area contributed by atoms with Crippen LogP contribution in [0.25, 0.3) is 0 Å². The fraction of sp³-hybridized carbons (Fsp3) is 0.636. The molecule has 162 valence electrons. The van der Waals surface area contributed by atoms with Gasteiger partial charge in [0.1, 0.15) is 5.60 Å². The monoisotopic (exact) mass is 403 g/mol. The zero-order valence-corrected chi connectivity index (χ0v) is 18.6. The zero-order chi connectivity index (χ0) is 21.3. The van der Waals surface area contributed by atoms with Gasteiger partial charge in [-0.05, 0) is 39.2 Å². The van der Waals surface area contributed by atoms with Crippen LogP contribution < -0.4 is 10.6 Å². The van der Waals surface area contributed by atoms with Crippen LogP contribution in [-0.4, -0.2) is 73.8 Å². The minimum atomic E-state index is -0.480. The minimum Gasteiger partial charge on any atom is -0.444 e. The van der Waals surface area contributed by atoms with Crippen LogP contribution >= 0.6 is 0 Å². The summed E-state index contributed by atoms with van der Waals surface area (Å²) in [6, 6.07) is 11.0. The number of hydrogen-bond acceptors (Lipinski definition) is 4. The van der Waals surface area contributed by atoms with Gasteiger partial charge >= 0.3 is 6.09 Å². The van der Waals surface area contributed by atoms with Crippen LogP contribution in [-0.2, 0) is 11.3 Å². The third-order valence-corrected chi connectivity index (χ3v) is 4.85. The normalized spacial score (nSPS) is 16.4. The summed E-state index contributed by atoms with van der Waals surface area (Å²) in [6.45, 7) is 9.93. The van der Waals surface area contributed by atoms with Crippen LogP contribution in [0.5, 0.6) is 0 Å². The molecule has 0 atom stereocenters. The second-order valence-electron chi connectivity index (χ2n) is 8.58. The highest BCUT2D eigenvalue weighted by atomic mass is 16.6. The minimum absolute atomic E-state index is 0.312. The Kier molecular flexibility index (Phi) is 8.76. The topological polar surface area (TPSA) is 69.2 Å². The van der Waals surface area contributed by atoms with Crippen molar-refractivity contribution in [2.75, 3.05) is 40.3 Å². The van der Waals surface area contributed by atoms with Gasteiger partial charge in [-0.15, -0.1) is 0 Å². The summed E-state index contributed by atoms with van der Waals surface area (Å²) in [6.07, 6.45) is 1.87. The van der Waals surface area contributed by atoms with Crippen molar-refractivity contribution in [3.8, 4) is 0 Å². The van der Waals surface area contributed by atoms with E-state index in [1.54, 1.807) is 19.0 Å². The van der Waals surface area contributed by atoms with Crippen molar-refractivity contribution in [2.45, 2.75) is 51.8 Å². The van der Waals surface area contributed by atoms with Gasteiger partial charge in [0.25, 0.3) is 0 Å². The summed E-state index contributed by atoms with van der Waals surface area (Å²) < 4.78 is 5.37. The lowest BCUT2D eigenvalue weighted by molar-refractivity contribution is 0.0302. The van der Waals surface area contributed by atoms with E-state index in [0.717, 1.165) is 38.4 Å². The summed E-state index contributed by atoms with van der Waals surface area (Å²) in [5.74, 6) is 0.782. The summed E-state index contributed by atoms with van der Waals surface area (Å²) in [7, 11) is 3.52. The first kappa shape index (κ1) is 23.0. The molecule has 1 aromatic rings. The smallest absolute Gasteiger partial charge is 0.410 e. The average molecular weight is 404 g/mol. The van der Waals surface area contributed by atoms with Gasteiger partial charge in [-0.25, -0.2) is 4.79 Å². The third kappa shape index (κ3) is 8.73. The zero-order valence-electron chi connectivity index (χ0n) is 18.6. The molecule has 1 amide bonds. The molecule has 2 rings (SSSR count). The first-order valence-electron chi connectivity index (χ1n) is 10.4. The number of likely N-dealkylation sites (N-methyl/N-ethyl adjacent to an activating group) is 1. The number of likely N-dealkylation sites (tertiary alicyclic amines) is 1. The molecule has 1 heterocycles. The molecule has 0 unspecified atom stereocenters. The third-order valence-electron chi connectivity index (χ3n) is 4.85. The second-order valence-corrected chi connectivity index (χ2v) is 8.58. The lowest BCUT2D eigenvalue weighted by Gasteiger charge is -2.33. The van der Waals surface area contributed by atoms with Gasteiger partial charge in [0.2, 0.25) is 0 Å². The van der Waals surface area contributed by atoms with E-state index in [0.29, 0.717) is 19.1 Å². The van der Waals surface area contributed by atoms with E-state index in [-0.39, 0.29) is 6.09 Å². The molecule has 0 saturated carbocycles. The van der Waals surface area contributed by atoms with Gasteiger partial charge in [0.05, 0.1) is 0 Å². The van der Waals surface area contributed by atoms with Crippen molar-refractivity contribution in [3.05, 3.63) is 35.9 Å². The predicted molar refractivity (Wildman–Crippen MR) is 118 cm³/mol. The molecule has 1 fully saturated rings. The van der Waals surface area contributed by atoms with E-state index in [4.69, 9.17) is 4.74 Å². The summed E-state index contributed by atoms with van der Waals surface area (Å²) in [4.78, 5) is 20.4. The fourth-order valence-corrected chi connectivity index (χ4v) is 3.24. The molecule has 0 bridgehead atoms. The Bertz CT molecular complexity index is 649. The average Bonchev–Trinajstić information content (AvgIpc) is 2.68. The maximum absolute atomic E-state index is 12.0. The standard InChI is InChI=1S/C22H37N5O2/c1-22(2,3)29-21(28)26(5)16-13-24-20(23-4)25-19-11-14-27(15-12-19)17-18-9-7-6-8-10-18/h6-10,19H,11-17H2,1-5H3,(H2,23,24,25). The molecule has 0 aliphatic carbocycles. The van der Waals surface area contributed by atoms with Gasteiger partial charge in [0, 0.05) is 52.9 Å². The van der Waals surface area contributed by atoms with Crippen molar-refractivity contribution in [3.63, 3.8) is 0 Å². The SMILES string of the molecule is CN=C(NCCN(C)C(=O)OC(C)(C)C)NC1CCN(Cc2ccccc2)CC1. The first-order valence-corrected chi connectivity index (χ1v) is 10.4. The quantitative estimate of drug-likeness (QED) is 0.565. The van der Waals surface area contributed by atoms with E-state index in [1.165, 1.54) is 5.56 Å². The molecule has 0 radical (unpaired) electrons. The molecule has 29 heavy (non-hydrogen) atoms. The maximum Gasteiger partial charge on any atom is 0.410 e. The van der Waals surface area contributed by atoms with Crippen LogP contribution in [0.3, 0.4) is 0 Å². The maximum atomic E-state index is 12.0. The largest absolute Gasteiger partial charge is 0.444 e. The molecular weight excluding hydrogens is 366 g/mol. The van der Waals surface area contributed by atoms with E-state index < -0.39 is 5.60 Å².